The number of nitrogens with zero attached hydrogens (tertiary/aromatic N) is 1. The minimum absolute atomic E-state index is 0.262. The first-order valence-electron chi connectivity index (χ1n) is 4.84. The van der Waals surface area contributed by atoms with E-state index in [1.807, 2.05) is 18.2 Å². The number of benzene rings is 1. The van der Waals surface area contributed by atoms with Crippen molar-refractivity contribution >= 4 is 11.7 Å². The molecule has 1 aromatic carbocycles. The van der Waals surface area contributed by atoms with E-state index in [0.717, 1.165) is 11.3 Å². The molecule has 0 aliphatic carbocycles. The Morgan fingerprint density at radius 1 is 1.31 bits per heavy atom. The summed E-state index contributed by atoms with van der Waals surface area (Å²) in [6.45, 7) is 0. The summed E-state index contributed by atoms with van der Waals surface area (Å²) in [7, 11) is 1.72. The highest BCUT2D eigenvalue weighted by Gasteiger charge is 2.11. The number of aromatic carboxylic acids is 1. The molecule has 4 heteroatoms. The van der Waals surface area contributed by atoms with Gasteiger partial charge >= 0.3 is 5.97 Å². The Balaban J connectivity index is 2.53. The van der Waals surface area contributed by atoms with Crippen LogP contribution in [0.5, 0.6) is 0 Å². The van der Waals surface area contributed by atoms with Crippen molar-refractivity contribution in [2.75, 3.05) is 5.73 Å². The van der Waals surface area contributed by atoms with Crippen molar-refractivity contribution in [1.29, 1.82) is 0 Å². The monoisotopic (exact) mass is 216 g/mol. The zero-order chi connectivity index (χ0) is 11.7. The second kappa shape index (κ2) is 3.73. The zero-order valence-electron chi connectivity index (χ0n) is 8.84. The molecule has 82 valence electrons. The fourth-order valence-corrected chi connectivity index (χ4v) is 1.71. The molecule has 3 N–H and O–H groups in total. The number of anilines is 1. The lowest BCUT2D eigenvalue weighted by molar-refractivity contribution is 0.0687. The number of aromatic nitrogens is 1. The number of carboxylic acid groups (broad SMARTS) is 1. The molecular formula is C12H12N2O2. The predicted molar refractivity (Wildman–Crippen MR) is 62.2 cm³/mol. The molecule has 16 heavy (non-hydrogen) atoms. The van der Waals surface area contributed by atoms with E-state index >= 15 is 0 Å². The molecule has 2 aromatic rings. The maximum atomic E-state index is 10.9. The van der Waals surface area contributed by atoms with E-state index in [-0.39, 0.29) is 5.69 Å². The van der Waals surface area contributed by atoms with Gasteiger partial charge in [-0.15, -0.1) is 0 Å². The molecule has 1 aromatic heterocycles. The quantitative estimate of drug-likeness (QED) is 0.754. The molecule has 0 aliphatic heterocycles. The zero-order valence-corrected chi connectivity index (χ0v) is 8.84. The van der Waals surface area contributed by atoms with Gasteiger partial charge < -0.3 is 15.4 Å². The average Bonchev–Trinajstić information content (AvgIpc) is 2.60. The van der Waals surface area contributed by atoms with E-state index in [1.165, 1.54) is 0 Å². The fourth-order valence-electron chi connectivity index (χ4n) is 1.71. The molecule has 0 spiro atoms. The van der Waals surface area contributed by atoms with Gasteiger partial charge in [-0.2, -0.15) is 0 Å². The van der Waals surface area contributed by atoms with Gasteiger partial charge in [0.15, 0.2) is 0 Å². The third-order valence-electron chi connectivity index (χ3n) is 2.52. The van der Waals surface area contributed by atoms with Gasteiger partial charge in [-0.3, -0.25) is 0 Å². The van der Waals surface area contributed by atoms with Crippen molar-refractivity contribution in [1.82, 2.24) is 4.57 Å². The van der Waals surface area contributed by atoms with Crippen LogP contribution in [0.1, 0.15) is 10.5 Å². The van der Waals surface area contributed by atoms with E-state index < -0.39 is 5.97 Å². The summed E-state index contributed by atoms with van der Waals surface area (Å²) in [6, 6.07) is 10.7. The van der Waals surface area contributed by atoms with Crippen LogP contribution >= 0.6 is 0 Å². The highest BCUT2D eigenvalue weighted by atomic mass is 16.4. The number of carboxylic acids is 1. The van der Waals surface area contributed by atoms with Crippen molar-refractivity contribution in [3.05, 3.63) is 42.1 Å². The molecule has 0 atom stereocenters. The maximum absolute atomic E-state index is 10.9. The third kappa shape index (κ3) is 1.65. The van der Waals surface area contributed by atoms with Crippen LogP contribution in [0.2, 0.25) is 0 Å². The first-order valence-corrected chi connectivity index (χ1v) is 4.84. The van der Waals surface area contributed by atoms with E-state index in [2.05, 4.69) is 0 Å². The normalized spacial score (nSPS) is 10.3. The van der Waals surface area contributed by atoms with Gasteiger partial charge in [-0.25, -0.2) is 4.79 Å². The molecule has 0 aliphatic rings. The Morgan fingerprint density at radius 2 is 2.06 bits per heavy atom. The SMILES string of the molecule is Cn1c(C(=O)O)ccc1-c1cccc(N)c1. The van der Waals surface area contributed by atoms with Gasteiger partial charge in [0.05, 0.1) is 0 Å². The van der Waals surface area contributed by atoms with Gasteiger partial charge in [-0.05, 0) is 24.3 Å². The standard InChI is InChI=1S/C12H12N2O2/c1-14-10(5-6-11(14)12(15)16)8-3-2-4-9(13)7-8/h2-7H,13H2,1H3,(H,15,16). The number of nitrogen functional groups attached to an aromatic ring is 1. The van der Waals surface area contributed by atoms with Crippen molar-refractivity contribution in [3.8, 4) is 11.3 Å². The lowest BCUT2D eigenvalue weighted by atomic mass is 10.1. The molecule has 0 amide bonds. The Labute approximate surface area is 92.9 Å². The van der Waals surface area contributed by atoms with Crippen LogP contribution in [0, 0.1) is 0 Å². The molecule has 0 saturated carbocycles. The van der Waals surface area contributed by atoms with E-state index in [4.69, 9.17) is 10.8 Å². The van der Waals surface area contributed by atoms with Crippen molar-refractivity contribution in [2.24, 2.45) is 7.05 Å². The highest BCUT2D eigenvalue weighted by molar-refractivity contribution is 5.87. The van der Waals surface area contributed by atoms with Crippen LogP contribution in [0.3, 0.4) is 0 Å². The number of nitrogens with two attached hydrogens (primary N) is 1. The Bertz CT molecular complexity index is 544. The second-order valence-corrected chi connectivity index (χ2v) is 3.59. The molecule has 2 rings (SSSR count). The molecule has 0 radical (unpaired) electrons. The fraction of sp³-hybridized carbons (Fsp3) is 0.0833. The molecule has 1 heterocycles. The van der Waals surface area contributed by atoms with Crippen molar-refractivity contribution in [3.63, 3.8) is 0 Å². The van der Waals surface area contributed by atoms with E-state index in [0.29, 0.717) is 5.69 Å². The minimum atomic E-state index is -0.933. The average molecular weight is 216 g/mol. The number of carbonyl (C=O) groups is 1. The molecule has 0 unspecified atom stereocenters. The van der Waals surface area contributed by atoms with Crippen LogP contribution < -0.4 is 5.73 Å². The Hall–Kier alpha value is -2.23. The molecular weight excluding hydrogens is 204 g/mol. The molecule has 0 fully saturated rings. The lowest BCUT2D eigenvalue weighted by Crippen LogP contribution is -2.05. The second-order valence-electron chi connectivity index (χ2n) is 3.59. The predicted octanol–water partition coefficient (Wildman–Crippen LogP) is 1.97. The summed E-state index contributed by atoms with van der Waals surface area (Å²) in [4.78, 5) is 10.9. The summed E-state index contributed by atoms with van der Waals surface area (Å²) in [6.07, 6.45) is 0. The Kier molecular flexibility index (Phi) is 2.40. The molecule has 0 bridgehead atoms. The molecule has 0 saturated heterocycles. The number of hydrogen-bond donors (Lipinski definition) is 2. The third-order valence-corrected chi connectivity index (χ3v) is 2.52. The summed E-state index contributed by atoms with van der Waals surface area (Å²) >= 11 is 0. The van der Waals surface area contributed by atoms with Crippen LogP contribution in [0.25, 0.3) is 11.3 Å². The lowest BCUT2D eigenvalue weighted by Gasteiger charge is -2.06. The van der Waals surface area contributed by atoms with Crippen LogP contribution in [0.15, 0.2) is 36.4 Å². The van der Waals surface area contributed by atoms with Gasteiger partial charge in [0.1, 0.15) is 5.69 Å². The summed E-state index contributed by atoms with van der Waals surface area (Å²) < 4.78 is 1.64. The van der Waals surface area contributed by atoms with E-state index in [9.17, 15) is 4.79 Å². The van der Waals surface area contributed by atoms with Crippen LogP contribution in [0.4, 0.5) is 5.69 Å². The largest absolute Gasteiger partial charge is 0.477 e. The first kappa shape index (κ1) is 10.3. The van der Waals surface area contributed by atoms with Gasteiger partial charge in [0.2, 0.25) is 0 Å². The van der Waals surface area contributed by atoms with Crippen LogP contribution in [-0.2, 0) is 7.05 Å². The Morgan fingerprint density at radius 3 is 2.62 bits per heavy atom. The van der Waals surface area contributed by atoms with Gasteiger partial charge in [0, 0.05) is 24.0 Å². The van der Waals surface area contributed by atoms with E-state index in [1.54, 1.807) is 29.8 Å². The first-order chi connectivity index (χ1) is 7.59. The van der Waals surface area contributed by atoms with Crippen molar-refractivity contribution < 1.29 is 9.90 Å². The topological polar surface area (TPSA) is 68.2 Å². The molecule has 4 nitrogen and oxygen atoms in total. The summed E-state index contributed by atoms with van der Waals surface area (Å²) in [5, 5.41) is 8.93. The smallest absolute Gasteiger partial charge is 0.352 e. The van der Waals surface area contributed by atoms with Crippen molar-refractivity contribution in [2.45, 2.75) is 0 Å². The number of rotatable bonds is 2. The minimum Gasteiger partial charge on any atom is -0.477 e. The van der Waals surface area contributed by atoms with Crippen LogP contribution in [-0.4, -0.2) is 15.6 Å². The van der Waals surface area contributed by atoms with Gasteiger partial charge in [0.25, 0.3) is 0 Å². The highest BCUT2D eigenvalue weighted by Crippen LogP contribution is 2.23. The number of hydrogen-bond acceptors (Lipinski definition) is 2. The maximum Gasteiger partial charge on any atom is 0.352 e. The summed E-state index contributed by atoms with van der Waals surface area (Å²) in [5.74, 6) is -0.933. The van der Waals surface area contributed by atoms with Gasteiger partial charge in [-0.1, -0.05) is 12.1 Å². The summed E-state index contributed by atoms with van der Waals surface area (Å²) in [5.41, 5.74) is 8.36.